The SMILES string of the molecule is O=C1OC(C(O)CO)C(O)C1O.OB(O)O.[K+]. The minimum absolute atomic E-state index is 0. The van der Waals surface area contributed by atoms with Crippen molar-refractivity contribution in [2.45, 2.75) is 24.4 Å². The van der Waals surface area contributed by atoms with Crippen LogP contribution in [0, 0.1) is 0 Å². The molecule has 0 aliphatic carbocycles. The van der Waals surface area contributed by atoms with Gasteiger partial charge in [-0.3, -0.25) is 0 Å². The average molecular weight is 279 g/mol. The van der Waals surface area contributed by atoms with Gasteiger partial charge in [0.15, 0.2) is 12.2 Å². The van der Waals surface area contributed by atoms with E-state index in [-0.39, 0.29) is 51.4 Å². The van der Waals surface area contributed by atoms with Crippen molar-refractivity contribution in [1.29, 1.82) is 0 Å². The maximum Gasteiger partial charge on any atom is 1.00 e. The molecule has 1 aliphatic heterocycles. The molecule has 7 N–H and O–H groups in total. The largest absolute Gasteiger partial charge is 1.00 e. The second-order valence-electron chi connectivity index (χ2n) is 2.93. The van der Waals surface area contributed by atoms with Crippen molar-refractivity contribution in [2.75, 3.05) is 6.61 Å². The smallest absolute Gasteiger partial charge is 0.455 e. The van der Waals surface area contributed by atoms with Crippen molar-refractivity contribution in [3.8, 4) is 0 Å². The first-order valence-electron chi connectivity index (χ1n) is 4.21. The molecule has 1 fully saturated rings. The zero-order chi connectivity index (χ0) is 12.9. The summed E-state index contributed by atoms with van der Waals surface area (Å²) < 4.78 is 4.39. The fourth-order valence-corrected chi connectivity index (χ4v) is 1.00. The van der Waals surface area contributed by atoms with Gasteiger partial charge in [0.25, 0.3) is 0 Å². The van der Waals surface area contributed by atoms with Gasteiger partial charge < -0.3 is 40.2 Å². The summed E-state index contributed by atoms with van der Waals surface area (Å²) in [5.41, 5.74) is 0. The number of cyclic esters (lactones) is 1. The number of esters is 1. The Labute approximate surface area is 139 Å². The standard InChI is InChI=1S/C6H10O6.BH3O3.K/c7-1-2(8)5-3(9)4(10)6(11)12-5;2-1(3)4;/h2-5,7-10H,1H2;2-4H;/q;;+1. The summed E-state index contributed by atoms with van der Waals surface area (Å²) in [5, 5.41) is 56.8. The predicted molar refractivity (Wildman–Crippen MR) is 47.4 cm³/mol. The number of aliphatic hydroxyl groups is 4. The molecule has 1 saturated heterocycles. The van der Waals surface area contributed by atoms with E-state index < -0.39 is 44.3 Å². The second kappa shape index (κ2) is 9.77. The quantitative estimate of drug-likeness (QED) is 0.192. The fraction of sp³-hybridized carbons (Fsp3) is 0.833. The number of carbonyl (C=O) groups excluding carboxylic acids is 1. The van der Waals surface area contributed by atoms with Crippen molar-refractivity contribution in [2.24, 2.45) is 0 Å². The third kappa shape index (κ3) is 7.15. The Morgan fingerprint density at radius 1 is 1.29 bits per heavy atom. The van der Waals surface area contributed by atoms with Crippen LogP contribution in [0.3, 0.4) is 0 Å². The molecule has 0 spiro atoms. The molecule has 1 aliphatic rings. The van der Waals surface area contributed by atoms with E-state index in [2.05, 4.69) is 4.74 Å². The van der Waals surface area contributed by atoms with E-state index in [0.29, 0.717) is 0 Å². The molecule has 1 rings (SSSR count). The van der Waals surface area contributed by atoms with E-state index in [1.54, 1.807) is 0 Å². The summed E-state index contributed by atoms with van der Waals surface area (Å²) in [5.74, 6) is -0.986. The molecule has 94 valence electrons. The van der Waals surface area contributed by atoms with Gasteiger partial charge in [0.1, 0.15) is 12.2 Å². The van der Waals surface area contributed by atoms with Crippen LogP contribution in [0.4, 0.5) is 0 Å². The van der Waals surface area contributed by atoms with Gasteiger partial charge in [-0.05, 0) is 0 Å². The number of ether oxygens (including phenoxy) is 1. The molecule has 0 bridgehead atoms. The van der Waals surface area contributed by atoms with Crippen LogP contribution in [0.15, 0.2) is 0 Å². The molecule has 0 radical (unpaired) electrons. The number of rotatable bonds is 2. The van der Waals surface area contributed by atoms with Gasteiger partial charge in [-0.1, -0.05) is 0 Å². The molecule has 4 atom stereocenters. The van der Waals surface area contributed by atoms with E-state index in [9.17, 15) is 4.79 Å². The topological polar surface area (TPSA) is 168 Å². The van der Waals surface area contributed by atoms with Gasteiger partial charge in [-0.25, -0.2) is 4.79 Å². The van der Waals surface area contributed by atoms with Crippen LogP contribution in [-0.2, 0) is 9.53 Å². The van der Waals surface area contributed by atoms with E-state index in [1.165, 1.54) is 0 Å². The third-order valence-corrected chi connectivity index (χ3v) is 1.72. The molecular formula is C6H13BKO9+. The Morgan fingerprint density at radius 2 is 1.71 bits per heavy atom. The molecule has 11 heteroatoms. The van der Waals surface area contributed by atoms with E-state index >= 15 is 0 Å². The Balaban J connectivity index is 0. The maximum atomic E-state index is 10.6. The Bertz CT molecular complexity index is 225. The van der Waals surface area contributed by atoms with Crippen LogP contribution in [0.1, 0.15) is 0 Å². The first-order chi connectivity index (χ1) is 7.31. The molecular weight excluding hydrogens is 266 g/mol. The van der Waals surface area contributed by atoms with Gasteiger partial charge in [-0.2, -0.15) is 0 Å². The first-order valence-corrected chi connectivity index (χ1v) is 4.21. The Kier molecular flexibility index (Phi) is 11.6. The summed E-state index contributed by atoms with van der Waals surface area (Å²) in [6.07, 6.45) is -5.70. The molecule has 0 aromatic rings. The monoisotopic (exact) mass is 279 g/mol. The zero-order valence-electron chi connectivity index (χ0n) is 9.04. The van der Waals surface area contributed by atoms with Crippen LogP contribution in [0.5, 0.6) is 0 Å². The van der Waals surface area contributed by atoms with Crippen LogP contribution >= 0.6 is 0 Å². The van der Waals surface area contributed by atoms with Crippen molar-refractivity contribution in [3.63, 3.8) is 0 Å². The Hall–Kier alpha value is 0.891. The fourth-order valence-electron chi connectivity index (χ4n) is 1.00. The molecule has 0 saturated carbocycles. The molecule has 9 nitrogen and oxygen atoms in total. The van der Waals surface area contributed by atoms with Crippen molar-refractivity contribution >= 4 is 13.3 Å². The second-order valence-corrected chi connectivity index (χ2v) is 2.93. The third-order valence-electron chi connectivity index (χ3n) is 1.72. The minimum atomic E-state index is -2.17. The molecule has 4 unspecified atom stereocenters. The molecule has 0 aromatic heterocycles. The number of hydrogen-bond donors (Lipinski definition) is 7. The summed E-state index contributed by atoms with van der Waals surface area (Å²) in [7, 11) is -2.17. The van der Waals surface area contributed by atoms with Crippen LogP contribution < -0.4 is 51.4 Å². The van der Waals surface area contributed by atoms with Crippen LogP contribution in [-0.4, -0.2) is 79.8 Å². The van der Waals surface area contributed by atoms with Gasteiger partial charge in [0.2, 0.25) is 0 Å². The average Bonchev–Trinajstić information content (AvgIpc) is 2.44. The van der Waals surface area contributed by atoms with Crippen molar-refractivity contribution in [1.82, 2.24) is 0 Å². The van der Waals surface area contributed by atoms with E-state index in [1.807, 2.05) is 0 Å². The number of carbonyl (C=O) groups is 1. The predicted octanol–water partition coefficient (Wildman–Crippen LogP) is -8.06. The van der Waals surface area contributed by atoms with Gasteiger partial charge >= 0.3 is 64.7 Å². The molecule has 17 heavy (non-hydrogen) atoms. The van der Waals surface area contributed by atoms with Crippen LogP contribution in [0.2, 0.25) is 0 Å². The number of aliphatic hydroxyl groups excluding tert-OH is 4. The van der Waals surface area contributed by atoms with Crippen molar-refractivity contribution in [3.05, 3.63) is 0 Å². The summed E-state index contributed by atoms with van der Waals surface area (Å²) in [6.45, 7) is -0.637. The normalized spacial score (nSPS) is 28.4. The van der Waals surface area contributed by atoms with Crippen LogP contribution in [0.25, 0.3) is 0 Å². The van der Waals surface area contributed by atoms with Gasteiger partial charge in [0.05, 0.1) is 6.61 Å². The molecule has 0 aromatic carbocycles. The van der Waals surface area contributed by atoms with E-state index in [0.717, 1.165) is 0 Å². The summed E-state index contributed by atoms with van der Waals surface area (Å²) >= 11 is 0. The maximum absolute atomic E-state index is 10.6. The summed E-state index contributed by atoms with van der Waals surface area (Å²) in [6, 6.07) is 0. The number of hydrogen-bond acceptors (Lipinski definition) is 9. The van der Waals surface area contributed by atoms with Gasteiger partial charge in [-0.15, -0.1) is 0 Å². The van der Waals surface area contributed by atoms with Crippen molar-refractivity contribution < 1.29 is 96.4 Å². The Morgan fingerprint density at radius 3 is 1.94 bits per heavy atom. The zero-order valence-corrected chi connectivity index (χ0v) is 12.2. The van der Waals surface area contributed by atoms with Gasteiger partial charge in [0, 0.05) is 0 Å². The molecule has 0 amide bonds. The molecule has 1 heterocycles. The first kappa shape index (κ1) is 20.2. The van der Waals surface area contributed by atoms with E-state index in [4.69, 9.17) is 35.5 Å². The minimum Gasteiger partial charge on any atom is -0.455 e. The summed E-state index contributed by atoms with van der Waals surface area (Å²) in [4.78, 5) is 10.6.